The highest BCUT2D eigenvalue weighted by atomic mass is 16.5. The summed E-state index contributed by atoms with van der Waals surface area (Å²) in [5, 5.41) is 20.5. The maximum absolute atomic E-state index is 8.81. The van der Waals surface area contributed by atoms with Gasteiger partial charge in [-0.2, -0.15) is 0 Å². The normalized spacial score (nSPS) is 13.2. The SMILES string of the molecule is COCCCNC(CO)CCO. The minimum atomic E-state index is 0.0202. The first kappa shape index (κ1) is 11.8. The van der Waals surface area contributed by atoms with Crippen LogP contribution >= 0.6 is 0 Å². The van der Waals surface area contributed by atoms with Gasteiger partial charge < -0.3 is 20.3 Å². The monoisotopic (exact) mass is 177 g/mol. The molecule has 0 aromatic heterocycles. The van der Waals surface area contributed by atoms with E-state index in [9.17, 15) is 0 Å². The molecule has 3 N–H and O–H groups in total. The Balaban J connectivity index is 3.19. The highest BCUT2D eigenvalue weighted by Crippen LogP contribution is 1.89. The lowest BCUT2D eigenvalue weighted by Gasteiger charge is -2.14. The summed E-state index contributed by atoms with van der Waals surface area (Å²) >= 11 is 0. The number of aliphatic hydroxyl groups excluding tert-OH is 2. The summed E-state index contributed by atoms with van der Waals surface area (Å²) in [4.78, 5) is 0. The number of hydrogen-bond donors (Lipinski definition) is 3. The molecule has 0 aliphatic carbocycles. The van der Waals surface area contributed by atoms with Crippen LogP contribution < -0.4 is 5.32 Å². The topological polar surface area (TPSA) is 61.7 Å². The summed E-state index contributed by atoms with van der Waals surface area (Å²) in [5.74, 6) is 0. The van der Waals surface area contributed by atoms with E-state index in [2.05, 4.69) is 5.32 Å². The van der Waals surface area contributed by atoms with Crippen molar-refractivity contribution in [2.45, 2.75) is 18.9 Å². The quantitative estimate of drug-likeness (QED) is 0.431. The standard InChI is InChI=1S/C8H19NO3/c1-12-6-2-4-9-8(7-11)3-5-10/h8-11H,2-7H2,1H3. The number of hydrogen-bond acceptors (Lipinski definition) is 4. The number of aliphatic hydroxyl groups is 2. The third kappa shape index (κ3) is 6.54. The van der Waals surface area contributed by atoms with E-state index < -0.39 is 0 Å². The summed E-state index contributed by atoms with van der Waals surface area (Å²) in [6.45, 7) is 1.74. The van der Waals surface area contributed by atoms with Gasteiger partial charge in [-0.1, -0.05) is 0 Å². The van der Waals surface area contributed by atoms with Crippen molar-refractivity contribution in [3.05, 3.63) is 0 Å². The molecule has 0 spiro atoms. The van der Waals surface area contributed by atoms with Gasteiger partial charge in [0.15, 0.2) is 0 Å². The van der Waals surface area contributed by atoms with Crippen molar-refractivity contribution in [1.29, 1.82) is 0 Å². The predicted octanol–water partition coefficient (Wildman–Crippen LogP) is -0.644. The lowest BCUT2D eigenvalue weighted by molar-refractivity contribution is 0.180. The van der Waals surface area contributed by atoms with Crippen LogP contribution in [0.15, 0.2) is 0 Å². The van der Waals surface area contributed by atoms with E-state index in [1.165, 1.54) is 0 Å². The Morgan fingerprint density at radius 2 is 2.17 bits per heavy atom. The molecule has 0 amide bonds. The third-order valence-corrected chi connectivity index (χ3v) is 1.66. The highest BCUT2D eigenvalue weighted by molar-refractivity contribution is 4.63. The second-order valence-electron chi connectivity index (χ2n) is 2.69. The smallest absolute Gasteiger partial charge is 0.0585 e. The molecule has 0 aromatic rings. The zero-order chi connectivity index (χ0) is 9.23. The fourth-order valence-corrected chi connectivity index (χ4v) is 0.936. The minimum Gasteiger partial charge on any atom is -0.396 e. The molecular weight excluding hydrogens is 158 g/mol. The Labute approximate surface area is 73.5 Å². The molecule has 0 aliphatic heterocycles. The average Bonchev–Trinajstić information content (AvgIpc) is 2.10. The summed E-state index contributed by atoms with van der Waals surface area (Å²) in [6, 6.07) is 0.0202. The third-order valence-electron chi connectivity index (χ3n) is 1.66. The van der Waals surface area contributed by atoms with Gasteiger partial charge in [0.05, 0.1) is 6.61 Å². The maximum atomic E-state index is 8.81. The summed E-state index contributed by atoms with van der Waals surface area (Å²) in [7, 11) is 1.66. The lowest BCUT2D eigenvalue weighted by Crippen LogP contribution is -2.34. The van der Waals surface area contributed by atoms with Gasteiger partial charge in [-0.25, -0.2) is 0 Å². The van der Waals surface area contributed by atoms with E-state index in [0.717, 1.165) is 19.6 Å². The van der Waals surface area contributed by atoms with Gasteiger partial charge in [-0.05, 0) is 19.4 Å². The maximum Gasteiger partial charge on any atom is 0.0585 e. The van der Waals surface area contributed by atoms with Crippen molar-refractivity contribution >= 4 is 0 Å². The summed E-state index contributed by atoms with van der Waals surface area (Å²) in [6.07, 6.45) is 1.53. The van der Waals surface area contributed by atoms with Gasteiger partial charge >= 0.3 is 0 Å². The molecule has 0 radical (unpaired) electrons. The van der Waals surface area contributed by atoms with Crippen LogP contribution in [0.5, 0.6) is 0 Å². The van der Waals surface area contributed by atoms with Crippen molar-refractivity contribution in [3.63, 3.8) is 0 Å². The number of nitrogens with one attached hydrogen (secondary N) is 1. The molecule has 0 fully saturated rings. The van der Waals surface area contributed by atoms with Gasteiger partial charge in [0.1, 0.15) is 0 Å². The number of rotatable bonds is 8. The summed E-state index contributed by atoms with van der Waals surface area (Å²) < 4.78 is 4.87. The van der Waals surface area contributed by atoms with Gasteiger partial charge in [0.2, 0.25) is 0 Å². The molecular formula is C8H19NO3. The van der Waals surface area contributed by atoms with E-state index in [1.807, 2.05) is 0 Å². The van der Waals surface area contributed by atoms with Crippen molar-refractivity contribution in [2.75, 3.05) is 33.5 Å². The van der Waals surface area contributed by atoms with Crippen molar-refractivity contribution in [2.24, 2.45) is 0 Å². The zero-order valence-corrected chi connectivity index (χ0v) is 7.62. The molecule has 74 valence electrons. The fourth-order valence-electron chi connectivity index (χ4n) is 0.936. The molecule has 0 heterocycles. The van der Waals surface area contributed by atoms with Crippen LogP contribution in [0.25, 0.3) is 0 Å². The number of ether oxygens (including phenoxy) is 1. The van der Waals surface area contributed by atoms with E-state index in [1.54, 1.807) is 7.11 Å². The van der Waals surface area contributed by atoms with Crippen LogP contribution in [0.1, 0.15) is 12.8 Å². The van der Waals surface area contributed by atoms with E-state index in [0.29, 0.717) is 6.42 Å². The largest absolute Gasteiger partial charge is 0.396 e. The molecule has 0 bridgehead atoms. The Morgan fingerprint density at radius 3 is 2.67 bits per heavy atom. The van der Waals surface area contributed by atoms with Gasteiger partial charge in [-0.3, -0.25) is 0 Å². The molecule has 0 rings (SSSR count). The molecule has 4 nitrogen and oxygen atoms in total. The Bertz CT molecular complexity index is 90.4. The van der Waals surface area contributed by atoms with Crippen molar-refractivity contribution in [3.8, 4) is 0 Å². The van der Waals surface area contributed by atoms with Crippen LogP contribution in [-0.2, 0) is 4.74 Å². The fraction of sp³-hybridized carbons (Fsp3) is 1.00. The molecule has 12 heavy (non-hydrogen) atoms. The van der Waals surface area contributed by atoms with Crippen LogP contribution in [0.3, 0.4) is 0 Å². The van der Waals surface area contributed by atoms with E-state index in [4.69, 9.17) is 14.9 Å². The first-order valence-electron chi connectivity index (χ1n) is 4.29. The van der Waals surface area contributed by atoms with E-state index >= 15 is 0 Å². The van der Waals surface area contributed by atoms with Crippen LogP contribution in [0.4, 0.5) is 0 Å². The lowest BCUT2D eigenvalue weighted by atomic mass is 10.2. The molecule has 0 aromatic carbocycles. The summed E-state index contributed by atoms with van der Waals surface area (Å²) in [5.41, 5.74) is 0. The van der Waals surface area contributed by atoms with E-state index in [-0.39, 0.29) is 19.3 Å². The predicted molar refractivity (Wildman–Crippen MR) is 47.1 cm³/mol. The second-order valence-corrected chi connectivity index (χ2v) is 2.69. The molecule has 0 saturated heterocycles. The van der Waals surface area contributed by atoms with Crippen molar-refractivity contribution in [1.82, 2.24) is 5.32 Å². The number of methoxy groups -OCH3 is 1. The first-order chi connectivity index (χ1) is 5.85. The molecule has 0 aliphatic rings. The first-order valence-corrected chi connectivity index (χ1v) is 4.29. The van der Waals surface area contributed by atoms with Crippen LogP contribution in [0, 0.1) is 0 Å². The van der Waals surface area contributed by atoms with Gasteiger partial charge in [0, 0.05) is 26.4 Å². The highest BCUT2D eigenvalue weighted by Gasteiger charge is 2.03. The Morgan fingerprint density at radius 1 is 1.42 bits per heavy atom. The average molecular weight is 177 g/mol. The van der Waals surface area contributed by atoms with Crippen LogP contribution in [0.2, 0.25) is 0 Å². The molecule has 0 saturated carbocycles. The Hall–Kier alpha value is -0.160. The van der Waals surface area contributed by atoms with Gasteiger partial charge in [-0.15, -0.1) is 0 Å². The van der Waals surface area contributed by atoms with Crippen LogP contribution in [-0.4, -0.2) is 49.7 Å². The zero-order valence-electron chi connectivity index (χ0n) is 7.62. The van der Waals surface area contributed by atoms with Crippen molar-refractivity contribution < 1.29 is 14.9 Å². The molecule has 1 atom stereocenters. The second kappa shape index (κ2) is 8.93. The Kier molecular flexibility index (Phi) is 8.81. The molecule has 1 unspecified atom stereocenters. The minimum absolute atomic E-state index is 0.0202. The molecule has 4 heteroatoms. The van der Waals surface area contributed by atoms with Gasteiger partial charge in [0.25, 0.3) is 0 Å².